The Morgan fingerprint density at radius 3 is 2.62 bits per heavy atom. The molecular formula is C19H25N5O3S2. The van der Waals surface area contributed by atoms with Crippen LogP contribution in [-0.2, 0) is 11.3 Å². The third-order valence-electron chi connectivity index (χ3n) is 5.12. The van der Waals surface area contributed by atoms with Crippen LogP contribution in [0.1, 0.15) is 64.1 Å². The Labute approximate surface area is 177 Å². The van der Waals surface area contributed by atoms with Crippen LogP contribution in [-0.4, -0.2) is 39.1 Å². The van der Waals surface area contributed by atoms with Crippen molar-refractivity contribution in [1.82, 2.24) is 14.6 Å². The van der Waals surface area contributed by atoms with Crippen molar-refractivity contribution < 1.29 is 14.4 Å². The van der Waals surface area contributed by atoms with Crippen molar-refractivity contribution in [2.45, 2.75) is 57.7 Å². The molecule has 29 heavy (non-hydrogen) atoms. The highest BCUT2D eigenvalue weighted by Gasteiger charge is 2.32. The predicted octanol–water partition coefficient (Wildman–Crippen LogP) is 2.37. The highest BCUT2D eigenvalue weighted by Crippen LogP contribution is 2.26. The average molecular weight is 436 g/mol. The number of rotatable bonds is 7. The maximum absolute atomic E-state index is 13.3. The van der Waals surface area contributed by atoms with Crippen LogP contribution in [0.3, 0.4) is 0 Å². The first-order valence-electron chi connectivity index (χ1n) is 9.57. The second-order valence-corrected chi connectivity index (χ2v) is 8.98. The van der Waals surface area contributed by atoms with Gasteiger partial charge in [0.2, 0.25) is 5.91 Å². The molecule has 0 aliphatic heterocycles. The van der Waals surface area contributed by atoms with Gasteiger partial charge in [-0.2, -0.15) is 4.37 Å². The van der Waals surface area contributed by atoms with Crippen LogP contribution in [0.4, 0.5) is 5.69 Å². The minimum Gasteiger partial charge on any atom is -0.395 e. The molecule has 1 fully saturated rings. The fourth-order valence-electron chi connectivity index (χ4n) is 3.42. The van der Waals surface area contributed by atoms with E-state index in [9.17, 15) is 14.4 Å². The zero-order valence-corrected chi connectivity index (χ0v) is 17.9. The van der Waals surface area contributed by atoms with Crippen LogP contribution < -0.4 is 16.8 Å². The number of anilines is 1. The van der Waals surface area contributed by atoms with Crippen molar-refractivity contribution >= 4 is 46.3 Å². The Morgan fingerprint density at radius 1 is 1.31 bits per heavy atom. The fourth-order valence-corrected chi connectivity index (χ4v) is 4.89. The lowest BCUT2D eigenvalue weighted by molar-refractivity contribution is -0.126. The van der Waals surface area contributed by atoms with Crippen LogP contribution in [0.5, 0.6) is 0 Å². The molecule has 2 heterocycles. The Hall–Kier alpha value is -2.46. The molecule has 0 aromatic carbocycles. The van der Waals surface area contributed by atoms with Crippen LogP contribution in [0.2, 0.25) is 0 Å². The van der Waals surface area contributed by atoms with Gasteiger partial charge in [0.25, 0.3) is 11.8 Å². The second kappa shape index (κ2) is 9.36. The maximum atomic E-state index is 13.3. The summed E-state index contributed by atoms with van der Waals surface area (Å²) in [5.41, 5.74) is 11.1. The van der Waals surface area contributed by atoms with E-state index >= 15 is 0 Å². The van der Waals surface area contributed by atoms with Gasteiger partial charge >= 0.3 is 0 Å². The number of nitrogen functional groups attached to an aromatic ring is 1. The summed E-state index contributed by atoms with van der Waals surface area (Å²) in [5, 5.41) is 4.99. The van der Waals surface area contributed by atoms with E-state index in [1.165, 1.54) is 22.7 Å². The van der Waals surface area contributed by atoms with E-state index in [4.69, 9.17) is 11.5 Å². The molecule has 1 atom stereocenters. The molecule has 1 aliphatic rings. The molecule has 3 amide bonds. The summed E-state index contributed by atoms with van der Waals surface area (Å²) in [6.45, 7) is 1.97. The van der Waals surface area contributed by atoms with E-state index in [0.717, 1.165) is 42.1 Å². The molecule has 0 saturated heterocycles. The van der Waals surface area contributed by atoms with Gasteiger partial charge in [-0.05, 0) is 42.7 Å². The van der Waals surface area contributed by atoms with Gasteiger partial charge in [-0.25, -0.2) is 0 Å². The van der Waals surface area contributed by atoms with Gasteiger partial charge in [-0.3, -0.25) is 14.4 Å². The maximum Gasteiger partial charge on any atom is 0.270 e. The Balaban J connectivity index is 1.82. The minimum atomic E-state index is -0.786. The quantitative estimate of drug-likeness (QED) is 0.614. The number of carbonyl (C=O) groups excluding carboxylic acids is 3. The number of nitrogens with zero attached hydrogens (tertiary/aromatic N) is 2. The summed E-state index contributed by atoms with van der Waals surface area (Å²) in [5.74, 6) is -1.42. The molecule has 0 radical (unpaired) electrons. The van der Waals surface area contributed by atoms with Gasteiger partial charge in [-0.15, -0.1) is 11.3 Å². The lowest BCUT2D eigenvalue weighted by atomic mass is 9.95. The predicted molar refractivity (Wildman–Crippen MR) is 114 cm³/mol. The molecule has 1 aliphatic carbocycles. The molecule has 1 unspecified atom stereocenters. The summed E-state index contributed by atoms with van der Waals surface area (Å²) < 4.78 is 3.91. The number of thiophene rings is 1. The smallest absolute Gasteiger partial charge is 0.270 e. The van der Waals surface area contributed by atoms with Crippen molar-refractivity contribution in [2.75, 3.05) is 5.73 Å². The molecule has 1 saturated carbocycles. The van der Waals surface area contributed by atoms with Crippen molar-refractivity contribution in [2.24, 2.45) is 5.73 Å². The molecule has 156 valence electrons. The first kappa shape index (κ1) is 21.3. The van der Waals surface area contributed by atoms with Crippen molar-refractivity contribution in [3.63, 3.8) is 0 Å². The number of nitrogens with two attached hydrogens (primary N) is 2. The van der Waals surface area contributed by atoms with Crippen LogP contribution in [0.25, 0.3) is 0 Å². The van der Waals surface area contributed by atoms with Crippen LogP contribution in [0, 0.1) is 0 Å². The topological polar surface area (TPSA) is 131 Å². The molecule has 8 nitrogen and oxygen atoms in total. The number of aromatic nitrogens is 1. The SMILES string of the molecule is CC(C(=O)NC1CCCCC1)N(Cc1cccs1)C(=O)c1snc(C(N)=O)c1N. The molecule has 3 rings (SSSR count). The summed E-state index contributed by atoms with van der Waals surface area (Å²) >= 11 is 2.32. The fraction of sp³-hybridized carbons (Fsp3) is 0.474. The van der Waals surface area contributed by atoms with Crippen molar-refractivity contribution in [3.05, 3.63) is 33.0 Å². The third-order valence-corrected chi connectivity index (χ3v) is 6.83. The summed E-state index contributed by atoms with van der Waals surface area (Å²) in [6.07, 6.45) is 5.31. The number of amides is 3. The number of carbonyl (C=O) groups is 3. The Bertz CT molecular complexity index is 875. The number of nitrogens with one attached hydrogen (secondary N) is 1. The van der Waals surface area contributed by atoms with E-state index < -0.39 is 17.9 Å². The van der Waals surface area contributed by atoms with E-state index in [2.05, 4.69) is 9.69 Å². The van der Waals surface area contributed by atoms with E-state index in [1.807, 2.05) is 17.5 Å². The van der Waals surface area contributed by atoms with Gasteiger partial charge < -0.3 is 21.7 Å². The molecule has 10 heteroatoms. The first-order valence-corrected chi connectivity index (χ1v) is 11.2. The largest absolute Gasteiger partial charge is 0.395 e. The lowest BCUT2D eigenvalue weighted by Crippen LogP contribution is -2.50. The molecule has 2 aromatic rings. The zero-order valence-electron chi connectivity index (χ0n) is 16.2. The normalized spacial score (nSPS) is 15.6. The van der Waals surface area contributed by atoms with Gasteiger partial charge in [0.05, 0.1) is 12.2 Å². The summed E-state index contributed by atoms with van der Waals surface area (Å²) in [7, 11) is 0. The molecule has 0 spiro atoms. The molecular weight excluding hydrogens is 410 g/mol. The number of hydrogen-bond acceptors (Lipinski definition) is 7. The van der Waals surface area contributed by atoms with E-state index in [-0.39, 0.29) is 34.8 Å². The van der Waals surface area contributed by atoms with Gasteiger partial charge in [0.15, 0.2) is 5.69 Å². The number of primary amides is 1. The monoisotopic (exact) mass is 435 g/mol. The summed E-state index contributed by atoms with van der Waals surface area (Å²) in [6, 6.07) is 3.24. The van der Waals surface area contributed by atoms with Crippen molar-refractivity contribution in [3.8, 4) is 0 Å². The molecule has 0 bridgehead atoms. The number of hydrogen-bond donors (Lipinski definition) is 3. The lowest BCUT2D eigenvalue weighted by Gasteiger charge is -2.30. The second-order valence-electron chi connectivity index (χ2n) is 7.17. The zero-order chi connectivity index (χ0) is 21.0. The van der Waals surface area contributed by atoms with Crippen molar-refractivity contribution in [1.29, 1.82) is 0 Å². The minimum absolute atomic E-state index is 0.0384. The van der Waals surface area contributed by atoms with E-state index in [1.54, 1.807) is 6.92 Å². The standard InChI is InChI=1S/C19H25N5O3S2/c1-11(18(26)22-12-6-3-2-4-7-12)24(10-13-8-5-9-28-13)19(27)16-14(20)15(17(21)25)23-29-16/h5,8-9,11-12H,2-4,6-7,10,20H2,1H3,(H2,21,25)(H,22,26). The Kier molecular flexibility index (Phi) is 6.86. The van der Waals surface area contributed by atoms with Crippen LogP contribution in [0.15, 0.2) is 17.5 Å². The third kappa shape index (κ3) is 4.94. The summed E-state index contributed by atoms with van der Waals surface area (Å²) in [4.78, 5) is 40.1. The van der Waals surface area contributed by atoms with E-state index in [0.29, 0.717) is 0 Å². The van der Waals surface area contributed by atoms with Gasteiger partial charge in [0, 0.05) is 10.9 Å². The van der Waals surface area contributed by atoms with Gasteiger partial charge in [-0.1, -0.05) is 25.3 Å². The molecule has 5 N–H and O–H groups in total. The first-order chi connectivity index (χ1) is 13.9. The van der Waals surface area contributed by atoms with Crippen LogP contribution >= 0.6 is 22.9 Å². The highest BCUT2D eigenvalue weighted by molar-refractivity contribution is 7.10. The Morgan fingerprint density at radius 2 is 2.03 bits per heavy atom. The highest BCUT2D eigenvalue weighted by atomic mass is 32.1. The molecule has 2 aromatic heterocycles. The van der Waals surface area contributed by atoms with Gasteiger partial charge in [0.1, 0.15) is 10.9 Å². The average Bonchev–Trinajstić information content (AvgIpc) is 3.35.